The summed E-state index contributed by atoms with van der Waals surface area (Å²) in [5.74, 6) is -1.81. The van der Waals surface area contributed by atoms with Crippen molar-refractivity contribution < 1.29 is 24.2 Å². The summed E-state index contributed by atoms with van der Waals surface area (Å²) in [4.78, 5) is 44.7. The Morgan fingerprint density at radius 1 is 1.14 bits per heavy atom. The molecule has 0 saturated heterocycles. The van der Waals surface area contributed by atoms with Gasteiger partial charge in [0.2, 0.25) is 11.8 Å². The molecule has 0 fully saturated rings. The Morgan fingerprint density at radius 3 is 2.64 bits per heavy atom. The van der Waals surface area contributed by atoms with Crippen molar-refractivity contribution in [1.29, 1.82) is 5.26 Å². The summed E-state index contributed by atoms with van der Waals surface area (Å²) in [6.45, 7) is 0.290. The molecular weight excluding hydrogens is 462 g/mol. The second-order valence-corrected chi connectivity index (χ2v) is 8.57. The number of imidazole rings is 1. The summed E-state index contributed by atoms with van der Waals surface area (Å²) >= 11 is 0. The van der Waals surface area contributed by atoms with Crippen LogP contribution >= 0.6 is 0 Å². The van der Waals surface area contributed by atoms with E-state index in [1.165, 1.54) is 12.5 Å². The predicted octanol–water partition coefficient (Wildman–Crippen LogP) is 1.69. The van der Waals surface area contributed by atoms with Crippen molar-refractivity contribution in [2.24, 2.45) is 0 Å². The maximum atomic E-state index is 13.2. The number of H-pyrrole nitrogens is 1. The van der Waals surface area contributed by atoms with Gasteiger partial charge in [0.1, 0.15) is 17.8 Å². The van der Waals surface area contributed by atoms with E-state index in [0.29, 0.717) is 23.6 Å². The van der Waals surface area contributed by atoms with E-state index >= 15 is 0 Å². The molecule has 184 valence electrons. The van der Waals surface area contributed by atoms with Gasteiger partial charge in [0.15, 0.2) is 0 Å². The topological polar surface area (TPSA) is 157 Å². The summed E-state index contributed by atoms with van der Waals surface area (Å²) in [6, 6.07) is 14.1. The van der Waals surface area contributed by atoms with Crippen molar-refractivity contribution >= 4 is 17.8 Å². The first-order valence-electron chi connectivity index (χ1n) is 11.4. The van der Waals surface area contributed by atoms with Gasteiger partial charge in [-0.2, -0.15) is 5.26 Å². The Morgan fingerprint density at radius 2 is 1.94 bits per heavy atom. The Kier molecular flexibility index (Phi) is 7.60. The van der Waals surface area contributed by atoms with Gasteiger partial charge in [-0.15, -0.1) is 0 Å². The molecule has 0 bridgehead atoms. The minimum Gasteiger partial charge on any atom is -0.493 e. The van der Waals surface area contributed by atoms with Gasteiger partial charge in [-0.3, -0.25) is 9.59 Å². The minimum atomic E-state index is -1.20. The summed E-state index contributed by atoms with van der Waals surface area (Å²) in [5, 5.41) is 24.1. The molecule has 1 aliphatic rings. The fraction of sp³-hybridized carbons (Fsp3) is 0.269. The lowest BCUT2D eigenvalue weighted by Crippen LogP contribution is -2.53. The van der Waals surface area contributed by atoms with Crippen molar-refractivity contribution in [1.82, 2.24) is 20.6 Å². The lowest BCUT2D eigenvalue weighted by atomic mass is 9.95. The number of rotatable bonds is 10. The lowest BCUT2D eigenvalue weighted by molar-refractivity contribution is -0.142. The molecule has 0 aliphatic carbocycles. The molecule has 10 heteroatoms. The average molecular weight is 488 g/mol. The largest absolute Gasteiger partial charge is 0.493 e. The fourth-order valence-corrected chi connectivity index (χ4v) is 4.14. The van der Waals surface area contributed by atoms with Crippen LogP contribution in [0, 0.1) is 11.3 Å². The van der Waals surface area contributed by atoms with Crippen LogP contribution < -0.4 is 15.4 Å². The van der Waals surface area contributed by atoms with E-state index in [2.05, 4.69) is 26.7 Å². The van der Waals surface area contributed by atoms with Gasteiger partial charge in [0.05, 0.1) is 24.6 Å². The molecule has 1 aromatic heterocycles. The zero-order chi connectivity index (χ0) is 25.5. The maximum Gasteiger partial charge on any atom is 0.326 e. The number of aliphatic carboxylic acids is 1. The summed E-state index contributed by atoms with van der Waals surface area (Å²) in [6.07, 6.45) is 3.18. The molecule has 3 aromatic rings. The molecule has 10 nitrogen and oxygen atoms in total. The molecular formula is C26H25N5O5. The molecule has 2 amide bonds. The third-order valence-electron chi connectivity index (χ3n) is 5.98. The van der Waals surface area contributed by atoms with Gasteiger partial charge in [-0.05, 0) is 23.8 Å². The highest BCUT2D eigenvalue weighted by atomic mass is 16.5. The highest BCUT2D eigenvalue weighted by Gasteiger charge is 2.30. The number of nitriles is 1. The maximum absolute atomic E-state index is 13.2. The smallest absolute Gasteiger partial charge is 0.326 e. The van der Waals surface area contributed by atoms with Crippen LogP contribution in [0.3, 0.4) is 0 Å². The van der Waals surface area contributed by atoms with E-state index in [0.717, 1.165) is 11.1 Å². The average Bonchev–Trinajstić information content (AvgIpc) is 3.53. The molecule has 36 heavy (non-hydrogen) atoms. The van der Waals surface area contributed by atoms with Gasteiger partial charge in [0, 0.05) is 42.6 Å². The highest BCUT2D eigenvalue weighted by molar-refractivity contribution is 5.91. The second-order valence-electron chi connectivity index (χ2n) is 8.57. The number of aromatic amines is 1. The van der Waals surface area contributed by atoms with Crippen LogP contribution in [0.4, 0.5) is 0 Å². The number of ether oxygens (including phenoxy) is 1. The Hall–Kier alpha value is -4.65. The molecule has 4 rings (SSSR count). The van der Waals surface area contributed by atoms with Crippen molar-refractivity contribution in [3.05, 3.63) is 83.4 Å². The summed E-state index contributed by atoms with van der Waals surface area (Å²) in [7, 11) is 0. The van der Waals surface area contributed by atoms with E-state index in [9.17, 15) is 24.8 Å². The monoisotopic (exact) mass is 487 g/mol. The first kappa shape index (κ1) is 24.5. The normalized spacial score (nSPS) is 15.6. The second kappa shape index (κ2) is 11.2. The van der Waals surface area contributed by atoms with E-state index < -0.39 is 24.0 Å². The molecule has 2 aromatic carbocycles. The molecule has 0 saturated carbocycles. The minimum absolute atomic E-state index is 0.0184. The number of carboxylic acids is 1. The first-order chi connectivity index (χ1) is 17.4. The SMILES string of the molecule is N#Cc1ccc2c(c1)C(CC(=O)N[C@@H](Cc1ccccc1)C(=O)N[C@@H](Cc1cnc[nH]1)C(=O)O)CO2. The van der Waals surface area contributed by atoms with Crippen molar-refractivity contribution in [3.63, 3.8) is 0 Å². The molecule has 0 spiro atoms. The van der Waals surface area contributed by atoms with Crippen molar-refractivity contribution in [2.45, 2.75) is 37.3 Å². The molecule has 3 atom stereocenters. The Bertz CT molecular complexity index is 1270. The number of hydrogen-bond donors (Lipinski definition) is 4. The van der Waals surface area contributed by atoms with Crippen LogP contribution in [0.5, 0.6) is 5.75 Å². The quantitative estimate of drug-likeness (QED) is 0.339. The first-order valence-corrected chi connectivity index (χ1v) is 11.4. The van der Waals surface area contributed by atoms with E-state index in [4.69, 9.17) is 4.74 Å². The number of nitrogens with zero attached hydrogens (tertiary/aromatic N) is 2. The van der Waals surface area contributed by atoms with Crippen molar-refractivity contribution in [3.8, 4) is 11.8 Å². The van der Waals surface area contributed by atoms with Gasteiger partial charge < -0.3 is 25.5 Å². The lowest BCUT2D eigenvalue weighted by Gasteiger charge is -2.22. The number of amides is 2. The summed E-state index contributed by atoms with van der Waals surface area (Å²) < 4.78 is 5.65. The third kappa shape index (κ3) is 6.07. The van der Waals surface area contributed by atoms with Gasteiger partial charge in [-0.1, -0.05) is 30.3 Å². The number of carbonyl (C=O) groups excluding carboxylic acids is 2. The Balaban J connectivity index is 1.47. The molecule has 1 aliphatic heterocycles. The molecule has 4 N–H and O–H groups in total. The fourth-order valence-electron chi connectivity index (χ4n) is 4.14. The van der Waals surface area contributed by atoms with Gasteiger partial charge in [0.25, 0.3) is 0 Å². The van der Waals surface area contributed by atoms with E-state index in [1.807, 2.05) is 30.3 Å². The number of fused-ring (bicyclic) bond motifs is 1. The van der Waals surface area contributed by atoms with Gasteiger partial charge >= 0.3 is 5.97 Å². The van der Waals surface area contributed by atoms with Crippen molar-refractivity contribution in [2.75, 3.05) is 6.61 Å². The number of benzene rings is 2. The van der Waals surface area contributed by atoms with Crippen LogP contribution in [0.2, 0.25) is 0 Å². The number of aromatic nitrogens is 2. The molecule has 2 heterocycles. The van der Waals surface area contributed by atoms with Gasteiger partial charge in [-0.25, -0.2) is 9.78 Å². The van der Waals surface area contributed by atoms with Crippen LogP contribution in [-0.2, 0) is 27.2 Å². The number of hydrogen-bond acceptors (Lipinski definition) is 6. The van der Waals surface area contributed by atoms with Crippen LogP contribution in [0.15, 0.2) is 61.1 Å². The predicted molar refractivity (Wildman–Crippen MR) is 128 cm³/mol. The standard InChI is InChI=1S/C26H25N5O5/c27-12-17-6-7-23-20(8-17)18(14-36-23)10-24(32)30-21(9-16-4-2-1-3-5-16)25(33)31-22(26(34)35)11-19-13-28-15-29-19/h1-8,13,15,18,21-22H,9-11,14H2,(H,28,29)(H,30,32)(H,31,33)(H,34,35)/t18?,21-,22-/m0/s1. The zero-order valence-electron chi connectivity index (χ0n) is 19.3. The van der Waals surface area contributed by atoms with E-state index in [1.54, 1.807) is 18.2 Å². The number of carboxylic acid groups (broad SMARTS) is 1. The van der Waals surface area contributed by atoms with Crippen LogP contribution in [0.25, 0.3) is 0 Å². The zero-order valence-corrected chi connectivity index (χ0v) is 19.3. The molecule has 0 radical (unpaired) electrons. The number of carbonyl (C=O) groups is 3. The molecule has 1 unspecified atom stereocenters. The van der Waals surface area contributed by atoms with Crippen LogP contribution in [-0.4, -0.2) is 51.5 Å². The Labute approximate surface area is 207 Å². The highest BCUT2D eigenvalue weighted by Crippen LogP contribution is 2.36. The summed E-state index contributed by atoms with van der Waals surface area (Å²) in [5.41, 5.74) is 2.62. The van der Waals surface area contributed by atoms with E-state index in [-0.39, 0.29) is 31.1 Å². The number of nitrogens with one attached hydrogen (secondary N) is 3. The van der Waals surface area contributed by atoms with Crippen LogP contribution in [0.1, 0.15) is 34.7 Å². The third-order valence-corrected chi connectivity index (χ3v) is 5.98.